The summed E-state index contributed by atoms with van der Waals surface area (Å²) in [7, 11) is 0. The second kappa shape index (κ2) is 8.62. The smallest absolute Gasteiger partial charge is 0.325 e. The summed E-state index contributed by atoms with van der Waals surface area (Å²) in [6, 6.07) is 26.6. The van der Waals surface area contributed by atoms with Crippen molar-refractivity contribution in [3.63, 3.8) is 0 Å². The first-order chi connectivity index (χ1) is 12.7. The van der Waals surface area contributed by atoms with Gasteiger partial charge in [0.1, 0.15) is 13.2 Å². The van der Waals surface area contributed by atoms with Crippen molar-refractivity contribution >= 4 is 11.9 Å². The maximum atomic E-state index is 12.2. The summed E-state index contributed by atoms with van der Waals surface area (Å²) in [4.78, 5) is 23.9. The second-order valence-corrected chi connectivity index (χ2v) is 5.77. The number of hydrogen-bond acceptors (Lipinski definition) is 3. The molecule has 0 spiro atoms. The standard InChI is InChI=1S/C22H19NO3/c24-21(26-16-17-7-3-1-4-8-17)15-23-22(25)20-13-11-19(12-14-20)18-9-5-2-6-10-18/h1-14H,15-16H2,(H,23,25). The third kappa shape index (κ3) is 4.80. The monoisotopic (exact) mass is 345 g/mol. The van der Waals surface area contributed by atoms with Gasteiger partial charge in [0.05, 0.1) is 0 Å². The molecule has 0 bridgehead atoms. The third-order valence-corrected chi connectivity index (χ3v) is 3.89. The Morgan fingerprint density at radius 1 is 0.731 bits per heavy atom. The summed E-state index contributed by atoms with van der Waals surface area (Å²) < 4.78 is 5.14. The molecule has 0 aliphatic carbocycles. The molecule has 0 aliphatic rings. The predicted molar refractivity (Wildman–Crippen MR) is 100 cm³/mol. The van der Waals surface area contributed by atoms with Crippen molar-refractivity contribution < 1.29 is 14.3 Å². The zero-order chi connectivity index (χ0) is 18.2. The van der Waals surface area contributed by atoms with E-state index in [1.54, 1.807) is 12.1 Å². The van der Waals surface area contributed by atoms with Gasteiger partial charge in [-0.1, -0.05) is 72.8 Å². The first kappa shape index (κ1) is 17.4. The van der Waals surface area contributed by atoms with Crippen LogP contribution in [-0.4, -0.2) is 18.4 Å². The molecule has 0 saturated carbocycles. The van der Waals surface area contributed by atoms with Crippen LogP contribution in [-0.2, 0) is 16.1 Å². The van der Waals surface area contributed by atoms with E-state index in [1.807, 2.05) is 72.8 Å². The van der Waals surface area contributed by atoms with E-state index in [0.29, 0.717) is 5.56 Å². The predicted octanol–water partition coefficient (Wildman–Crippen LogP) is 3.83. The van der Waals surface area contributed by atoms with Crippen molar-refractivity contribution in [3.8, 4) is 11.1 Å². The van der Waals surface area contributed by atoms with E-state index in [2.05, 4.69) is 5.32 Å². The number of ether oxygens (including phenoxy) is 1. The Bertz CT molecular complexity index is 859. The van der Waals surface area contributed by atoms with Crippen LogP contribution in [0, 0.1) is 0 Å². The molecule has 0 radical (unpaired) electrons. The number of amides is 1. The maximum absolute atomic E-state index is 12.2. The molecule has 0 atom stereocenters. The van der Waals surface area contributed by atoms with Crippen molar-refractivity contribution in [2.24, 2.45) is 0 Å². The number of esters is 1. The second-order valence-electron chi connectivity index (χ2n) is 5.77. The number of rotatable bonds is 6. The summed E-state index contributed by atoms with van der Waals surface area (Å²) in [5.41, 5.74) is 3.53. The molecule has 0 heterocycles. The van der Waals surface area contributed by atoms with E-state index in [-0.39, 0.29) is 19.1 Å². The molecule has 1 N–H and O–H groups in total. The number of carbonyl (C=O) groups excluding carboxylic acids is 2. The van der Waals surface area contributed by atoms with Gasteiger partial charge >= 0.3 is 5.97 Å². The molecule has 3 aromatic carbocycles. The number of nitrogens with one attached hydrogen (secondary N) is 1. The van der Waals surface area contributed by atoms with Gasteiger partial charge in [-0.2, -0.15) is 0 Å². The quantitative estimate of drug-likeness (QED) is 0.691. The van der Waals surface area contributed by atoms with Crippen molar-refractivity contribution in [2.45, 2.75) is 6.61 Å². The van der Waals surface area contributed by atoms with Gasteiger partial charge in [-0.15, -0.1) is 0 Å². The summed E-state index contributed by atoms with van der Waals surface area (Å²) in [6.45, 7) is 0.0351. The van der Waals surface area contributed by atoms with Crippen molar-refractivity contribution in [1.82, 2.24) is 5.32 Å². The molecule has 0 fully saturated rings. The Balaban J connectivity index is 1.49. The Labute approximate surface area is 152 Å². The minimum Gasteiger partial charge on any atom is -0.460 e. The van der Waals surface area contributed by atoms with Crippen molar-refractivity contribution in [3.05, 3.63) is 96.1 Å². The molecule has 0 saturated heterocycles. The molecule has 0 aromatic heterocycles. The Morgan fingerprint density at radius 2 is 1.31 bits per heavy atom. The molecule has 3 rings (SSSR count). The average Bonchev–Trinajstić information content (AvgIpc) is 2.72. The van der Waals surface area contributed by atoms with Crippen LogP contribution in [0.15, 0.2) is 84.9 Å². The number of hydrogen-bond donors (Lipinski definition) is 1. The van der Waals surface area contributed by atoms with Crippen LogP contribution in [0.3, 0.4) is 0 Å². The van der Waals surface area contributed by atoms with Gasteiger partial charge in [0, 0.05) is 5.56 Å². The SMILES string of the molecule is O=C(CNC(=O)c1ccc(-c2ccccc2)cc1)OCc1ccccc1. The minimum absolute atomic E-state index is 0.161. The Kier molecular flexibility index (Phi) is 5.78. The van der Waals surface area contributed by atoms with E-state index in [4.69, 9.17) is 4.74 Å². The largest absolute Gasteiger partial charge is 0.460 e. The zero-order valence-electron chi connectivity index (χ0n) is 14.2. The van der Waals surface area contributed by atoms with E-state index >= 15 is 0 Å². The summed E-state index contributed by atoms with van der Waals surface area (Å²) in [6.07, 6.45) is 0. The molecule has 1 amide bonds. The third-order valence-electron chi connectivity index (χ3n) is 3.89. The molecular formula is C22H19NO3. The Hall–Kier alpha value is -3.40. The fourth-order valence-corrected chi connectivity index (χ4v) is 2.49. The lowest BCUT2D eigenvalue weighted by Crippen LogP contribution is -2.30. The molecule has 0 unspecified atom stereocenters. The van der Waals surface area contributed by atoms with Crippen molar-refractivity contribution in [1.29, 1.82) is 0 Å². The maximum Gasteiger partial charge on any atom is 0.325 e. The van der Waals surface area contributed by atoms with E-state index in [9.17, 15) is 9.59 Å². The molecule has 26 heavy (non-hydrogen) atoms. The highest BCUT2D eigenvalue weighted by molar-refractivity contribution is 5.96. The molecular weight excluding hydrogens is 326 g/mol. The average molecular weight is 345 g/mol. The first-order valence-corrected chi connectivity index (χ1v) is 8.35. The lowest BCUT2D eigenvalue weighted by atomic mass is 10.0. The molecule has 4 nitrogen and oxygen atoms in total. The summed E-state index contributed by atoms with van der Waals surface area (Å²) >= 11 is 0. The topological polar surface area (TPSA) is 55.4 Å². The van der Waals surface area contributed by atoms with Crippen molar-refractivity contribution in [2.75, 3.05) is 6.54 Å². The van der Waals surface area contributed by atoms with Crippen LogP contribution in [0.5, 0.6) is 0 Å². The molecule has 3 aromatic rings. The van der Waals surface area contributed by atoms with Crippen LogP contribution in [0.4, 0.5) is 0 Å². The lowest BCUT2D eigenvalue weighted by Gasteiger charge is -2.07. The van der Waals surface area contributed by atoms with Crippen LogP contribution in [0.2, 0.25) is 0 Å². The summed E-state index contributed by atoms with van der Waals surface area (Å²) in [5, 5.41) is 2.58. The minimum atomic E-state index is -0.469. The van der Waals surface area contributed by atoms with Gasteiger partial charge in [-0.25, -0.2) is 0 Å². The van der Waals surface area contributed by atoms with Gasteiger partial charge in [0.2, 0.25) is 0 Å². The zero-order valence-corrected chi connectivity index (χ0v) is 14.2. The normalized spacial score (nSPS) is 10.2. The highest BCUT2D eigenvalue weighted by Gasteiger charge is 2.09. The Morgan fingerprint density at radius 3 is 1.96 bits per heavy atom. The highest BCUT2D eigenvalue weighted by Crippen LogP contribution is 2.19. The fraction of sp³-hybridized carbons (Fsp3) is 0.0909. The fourth-order valence-electron chi connectivity index (χ4n) is 2.49. The molecule has 0 aliphatic heterocycles. The lowest BCUT2D eigenvalue weighted by molar-refractivity contribution is -0.143. The van der Waals surface area contributed by atoms with Gasteiger partial charge in [0.25, 0.3) is 5.91 Å². The van der Waals surface area contributed by atoms with E-state index in [0.717, 1.165) is 16.7 Å². The van der Waals surface area contributed by atoms with E-state index < -0.39 is 5.97 Å². The first-order valence-electron chi connectivity index (χ1n) is 8.35. The van der Waals surface area contributed by atoms with Gasteiger partial charge in [-0.3, -0.25) is 9.59 Å². The van der Waals surface area contributed by atoms with Gasteiger partial charge in [-0.05, 0) is 28.8 Å². The van der Waals surface area contributed by atoms with Crippen LogP contribution in [0.1, 0.15) is 15.9 Å². The van der Waals surface area contributed by atoms with Crippen LogP contribution in [0.25, 0.3) is 11.1 Å². The molecule has 130 valence electrons. The van der Waals surface area contributed by atoms with E-state index in [1.165, 1.54) is 0 Å². The van der Waals surface area contributed by atoms with Crippen LogP contribution < -0.4 is 5.32 Å². The number of benzene rings is 3. The van der Waals surface area contributed by atoms with Gasteiger partial charge in [0.15, 0.2) is 0 Å². The van der Waals surface area contributed by atoms with Crippen LogP contribution >= 0.6 is 0 Å². The number of carbonyl (C=O) groups is 2. The molecule has 4 heteroatoms. The summed E-state index contributed by atoms with van der Waals surface area (Å²) in [5.74, 6) is -0.774. The van der Waals surface area contributed by atoms with Gasteiger partial charge < -0.3 is 10.1 Å². The highest BCUT2D eigenvalue weighted by atomic mass is 16.5.